The molecule has 1 aliphatic heterocycles. The van der Waals surface area contributed by atoms with Crippen LogP contribution in [0.5, 0.6) is 0 Å². The lowest BCUT2D eigenvalue weighted by atomic mass is 9.87. The number of amides is 2. The molecule has 1 fully saturated rings. The molecule has 1 saturated heterocycles. The van der Waals surface area contributed by atoms with E-state index in [4.69, 9.17) is 0 Å². The van der Waals surface area contributed by atoms with E-state index in [0.29, 0.717) is 0 Å². The van der Waals surface area contributed by atoms with Crippen LogP contribution in [0.15, 0.2) is 0 Å². The number of carbonyl (C=O) groups is 2. The van der Waals surface area contributed by atoms with Gasteiger partial charge in [-0.3, -0.25) is 14.9 Å². The van der Waals surface area contributed by atoms with Crippen molar-refractivity contribution in [2.24, 2.45) is 11.8 Å². The zero-order valence-electron chi connectivity index (χ0n) is 7.59. The molecule has 0 aliphatic carbocycles. The van der Waals surface area contributed by atoms with Crippen LogP contribution >= 0.6 is 0 Å². The molecule has 1 heterocycles. The van der Waals surface area contributed by atoms with E-state index in [1.54, 1.807) is 0 Å². The number of nitrogens with one attached hydrogen (secondary N) is 1. The number of hydrogen-bond acceptors (Lipinski definition) is 2. The second-order valence-electron chi connectivity index (χ2n) is 3.48. The first-order valence-corrected chi connectivity index (χ1v) is 4.49. The Hall–Kier alpha value is -0.860. The van der Waals surface area contributed by atoms with Crippen molar-refractivity contribution in [2.45, 2.75) is 33.1 Å². The van der Waals surface area contributed by atoms with Crippen molar-refractivity contribution < 1.29 is 9.59 Å². The molecule has 1 aliphatic rings. The number of imide groups is 1. The van der Waals surface area contributed by atoms with Gasteiger partial charge in [-0.05, 0) is 12.8 Å². The van der Waals surface area contributed by atoms with Crippen molar-refractivity contribution >= 4 is 11.8 Å². The molecule has 0 saturated carbocycles. The highest BCUT2D eigenvalue weighted by Crippen LogP contribution is 2.21. The maximum absolute atomic E-state index is 11.2. The summed E-state index contributed by atoms with van der Waals surface area (Å²) in [6.45, 7) is 3.92. The summed E-state index contributed by atoms with van der Waals surface area (Å²) in [6, 6.07) is 0. The van der Waals surface area contributed by atoms with Crippen LogP contribution in [0.25, 0.3) is 0 Å². The molecule has 0 aromatic carbocycles. The minimum absolute atomic E-state index is 0.000694. The first-order valence-electron chi connectivity index (χ1n) is 4.49. The van der Waals surface area contributed by atoms with E-state index in [2.05, 4.69) is 5.32 Å². The largest absolute Gasteiger partial charge is 0.296 e. The summed E-state index contributed by atoms with van der Waals surface area (Å²) in [7, 11) is 0. The SMILES string of the molecule is CCCC1CC(C)C(=O)NC1=O. The quantitative estimate of drug-likeness (QED) is 0.629. The first kappa shape index (κ1) is 9.23. The van der Waals surface area contributed by atoms with Crippen LogP contribution in [0, 0.1) is 11.8 Å². The molecule has 2 unspecified atom stereocenters. The third-order valence-corrected chi connectivity index (χ3v) is 2.34. The first-order chi connectivity index (χ1) is 5.65. The van der Waals surface area contributed by atoms with Crippen molar-refractivity contribution in [3.63, 3.8) is 0 Å². The maximum Gasteiger partial charge on any atom is 0.229 e. The van der Waals surface area contributed by atoms with Gasteiger partial charge < -0.3 is 0 Å². The van der Waals surface area contributed by atoms with E-state index >= 15 is 0 Å². The Bertz CT molecular complexity index is 201. The third kappa shape index (κ3) is 1.84. The van der Waals surface area contributed by atoms with E-state index in [0.717, 1.165) is 19.3 Å². The van der Waals surface area contributed by atoms with Gasteiger partial charge in [0.05, 0.1) is 0 Å². The van der Waals surface area contributed by atoms with Gasteiger partial charge >= 0.3 is 0 Å². The lowest BCUT2D eigenvalue weighted by Crippen LogP contribution is -2.45. The van der Waals surface area contributed by atoms with Crippen LogP contribution in [-0.2, 0) is 9.59 Å². The third-order valence-electron chi connectivity index (χ3n) is 2.34. The Morgan fingerprint density at radius 3 is 2.67 bits per heavy atom. The predicted octanol–water partition coefficient (Wildman–Crippen LogP) is 1.09. The highest BCUT2D eigenvalue weighted by molar-refractivity contribution is 5.99. The fraction of sp³-hybridized carbons (Fsp3) is 0.778. The summed E-state index contributed by atoms with van der Waals surface area (Å²) in [5.74, 6) is -0.144. The van der Waals surface area contributed by atoms with Gasteiger partial charge in [0.1, 0.15) is 0 Å². The lowest BCUT2D eigenvalue weighted by molar-refractivity contribution is -0.139. The van der Waals surface area contributed by atoms with E-state index in [9.17, 15) is 9.59 Å². The van der Waals surface area contributed by atoms with Gasteiger partial charge in [0, 0.05) is 11.8 Å². The molecule has 2 atom stereocenters. The number of piperidine rings is 1. The summed E-state index contributed by atoms with van der Waals surface area (Å²) in [5.41, 5.74) is 0. The van der Waals surface area contributed by atoms with Crippen LogP contribution in [-0.4, -0.2) is 11.8 Å². The summed E-state index contributed by atoms with van der Waals surface area (Å²) in [5, 5.41) is 2.39. The van der Waals surface area contributed by atoms with Crippen molar-refractivity contribution in [3.8, 4) is 0 Å². The normalized spacial score (nSPS) is 30.2. The number of carbonyl (C=O) groups excluding carboxylic acids is 2. The molecule has 0 aromatic heterocycles. The monoisotopic (exact) mass is 169 g/mol. The van der Waals surface area contributed by atoms with E-state index in [1.165, 1.54) is 0 Å². The average molecular weight is 169 g/mol. The maximum atomic E-state index is 11.2. The Morgan fingerprint density at radius 2 is 2.08 bits per heavy atom. The van der Waals surface area contributed by atoms with Gasteiger partial charge in [0.2, 0.25) is 11.8 Å². The standard InChI is InChI=1S/C9H15NO2/c1-3-4-7-5-6(2)8(11)10-9(7)12/h6-7H,3-5H2,1-2H3,(H,10,11,12). The van der Waals surface area contributed by atoms with Gasteiger partial charge in [-0.25, -0.2) is 0 Å². The van der Waals surface area contributed by atoms with E-state index in [-0.39, 0.29) is 23.7 Å². The fourth-order valence-electron chi connectivity index (χ4n) is 1.58. The zero-order chi connectivity index (χ0) is 9.14. The smallest absolute Gasteiger partial charge is 0.229 e. The topological polar surface area (TPSA) is 46.2 Å². The highest BCUT2D eigenvalue weighted by Gasteiger charge is 2.30. The van der Waals surface area contributed by atoms with Crippen LogP contribution in [0.2, 0.25) is 0 Å². The van der Waals surface area contributed by atoms with Gasteiger partial charge in [-0.15, -0.1) is 0 Å². The Kier molecular flexibility index (Phi) is 2.84. The summed E-state index contributed by atoms with van der Waals surface area (Å²) < 4.78 is 0. The molecular formula is C9H15NO2. The molecule has 68 valence electrons. The van der Waals surface area contributed by atoms with Gasteiger partial charge in [-0.1, -0.05) is 20.3 Å². The Labute approximate surface area is 72.5 Å². The Balaban J connectivity index is 2.55. The molecule has 3 nitrogen and oxygen atoms in total. The number of rotatable bonds is 2. The minimum Gasteiger partial charge on any atom is -0.296 e. The van der Waals surface area contributed by atoms with Crippen molar-refractivity contribution in [2.75, 3.05) is 0 Å². The van der Waals surface area contributed by atoms with E-state index in [1.807, 2.05) is 13.8 Å². The van der Waals surface area contributed by atoms with Crippen LogP contribution in [0.3, 0.4) is 0 Å². The number of hydrogen-bond donors (Lipinski definition) is 1. The second kappa shape index (κ2) is 3.70. The minimum atomic E-state index is -0.118. The summed E-state index contributed by atoms with van der Waals surface area (Å²) in [4.78, 5) is 22.2. The highest BCUT2D eigenvalue weighted by atomic mass is 16.2. The zero-order valence-corrected chi connectivity index (χ0v) is 7.59. The van der Waals surface area contributed by atoms with Gasteiger partial charge in [0.15, 0.2) is 0 Å². The molecule has 0 bridgehead atoms. The average Bonchev–Trinajstić information content (AvgIpc) is 2.01. The molecule has 0 radical (unpaired) electrons. The van der Waals surface area contributed by atoms with Crippen LogP contribution in [0.4, 0.5) is 0 Å². The van der Waals surface area contributed by atoms with Crippen molar-refractivity contribution in [1.82, 2.24) is 5.32 Å². The fourth-order valence-corrected chi connectivity index (χ4v) is 1.58. The lowest BCUT2D eigenvalue weighted by Gasteiger charge is -2.24. The van der Waals surface area contributed by atoms with Crippen LogP contribution in [0.1, 0.15) is 33.1 Å². The van der Waals surface area contributed by atoms with E-state index < -0.39 is 0 Å². The van der Waals surface area contributed by atoms with Gasteiger partial charge in [-0.2, -0.15) is 0 Å². The predicted molar refractivity (Wildman–Crippen MR) is 45.3 cm³/mol. The molecule has 1 rings (SSSR count). The van der Waals surface area contributed by atoms with Crippen molar-refractivity contribution in [3.05, 3.63) is 0 Å². The molecule has 12 heavy (non-hydrogen) atoms. The molecule has 2 amide bonds. The second-order valence-corrected chi connectivity index (χ2v) is 3.48. The van der Waals surface area contributed by atoms with Crippen LogP contribution < -0.4 is 5.32 Å². The Morgan fingerprint density at radius 1 is 1.42 bits per heavy atom. The summed E-state index contributed by atoms with van der Waals surface area (Å²) >= 11 is 0. The van der Waals surface area contributed by atoms with Gasteiger partial charge in [0.25, 0.3) is 0 Å². The summed E-state index contributed by atoms with van der Waals surface area (Å²) in [6.07, 6.45) is 2.61. The molecule has 0 aromatic rings. The molecule has 1 N–H and O–H groups in total. The molecule has 0 spiro atoms. The van der Waals surface area contributed by atoms with Crippen molar-refractivity contribution in [1.29, 1.82) is 0 Å². The molecule has 3 heteroatoms. The molecular weight excluding hydrogens is 154 g/mol.